The Kier molecular flexibility index (Phi) is 61.2. The Hall–Kier alpha value is -3.41. The highest BCUT2D eigenvalue weighted by molar-refractivity contribution is 5.71. The maximum atomic E-state index is 12.9. The molecule has 0 saturated heterocycles. The van der Waals surface area contributed by atoms with Gasteiger partial charge in [0.15, 0.2) is 6.10 Å². The first-order valence-electron chi connectivity index (χ1n) is 32.6. The van der Waals surface area contributed by atoms with Crippen molar-refractivity contribution < 1.29 is 28.6 Å². The molecule has 438 valence electrons. The van der Waals surface area contributed by atoms with Crippen molar-refractivity contribution in [2.24, 2.45) is 0 Å². The van der Waals surface area contributed by atoms with Gasteiger partial charge in [-0.2, -0.15) is 0 Å². The van der Waals surface area contributed by atoms with Crippen LogP contribution < -0.4 is 0 Å². The predicted molar refractivity (Wildman–Crippen MR) is 330 cm³/mol. The molecule has 0 aliphatic heterocycles. The largest absolute Gasteiger partial charge is 0.462 e. The molecule has 0 aromatic carbocycles. The molecule has 0 aliphatic rings. The predicted octanol–water partition coefficient (Wildman–Crippen LogP) is 22.3. The van der Waals surface area contributed by atoms with Gasteiger partial charge in [0.1, 0.15) is 13.2 Å². The smallest absolute Gasteiger partial charge is 0.306 e. The maximum absolute atomic E-state index is 12.9. The standard InChI is InChI=1S/C70H122O6/c1-4-7-10-13-16-19-22-25-27-29-31-33-34-35-36-38-39-41-43-45-48-51-54-57-60-63-69(72)75-66-67(65-74-68(71)62-59-56-53-50-47-24-21-18-15-12-9-6-3)76-70(73)64-61-58-55-52-49-46-44-42-40-37-32-30-28-26-23-20-17-14-11-8-5-2/h8,11,17-18,20-21,26,28,32,37,42,44,49,52,67H,4-7,9-10,12-16,19,22-25,27,29-31,33-36,38-41,43,45-48,50-51,53-66H2,1-3H3/b11-8-,20-17-,21-18-,28-26-,37-32-,44-42-,52-49-. The molecule has 0 fully saturated rings. The lowest BCUT2D eigenvalue weighted by atomic mass is 10.0. The summed E-state index contributed by atoms with van der Waals surface area (Å²) < 4.78 is 16.9. The summed E-state index contributed by atoms with van der Waals surface area (Å²) in [7, 11) is 0. The van der Waals surface area contributed by atoms with Gasteiger partial charge in [-0.25, -0.2) is 0 Å². The van der Waals surface area contributed by atoms with Crippen LogP contribution in [-0.4, -0.2) is 37.2 Å². The van der Waals surface area contributed by atoms with E-state index >= 15 is 0 Å². The van der Waals surface area contributed by atoms with Crippen molar-refractivity contribution in [3.05, 3.63) is 85.1 Å². The number of esters is 3. The van der Waals surface area contributed by atoms with Gasteiger partial charge >= 0.3 is 17.9 Å². The molecular weight excluding hydrogens is 937 g/mol. The van der Waals surface area contributed by atoms with Crippen LogP contribution in [0.15, 0.2) is 85.1 Å². The first-order chi connectivity index (χ1) is 37.5. The summed E-state index contributed by atoms with van der Waals surface area (Å²) >= 11 is 0. The average molecular weight is 1060 g/mol. The molecule has 6 nitrogen and oxygen atoms in total. The van der Waals surface area contributed by atoms with Crippen molar-refractivity contribution in [3.63, 3.8) is 0 Å². The number of allylic oxidation sites excluding steroid dienone is 14. The Labute approximate surface area is 471 Å². The minimum atomic E-state index is -0.803. The fourth-order valence-electron chi connectivity index (χ4n) is 9.27. The second-order valence-electron chi connectivity index (χ2n) is 21.6. The molecule has 0 aromatic heterocycles. The van der Waals surface area contributed by atoms with Gasteiger partial charge in [-0.1, -0.05) is 292 Å². The molecule has 0 bridgehead atoms. The third-order valence-electron chi connectivity index (χ3n) is 14.1. The minimum absolute atomic E-state index is 0.0944. The highest BCUT2D eigenvalue weighted by Crippen LogP contribution is 2.17. The van der Waals surface area contributed by atoms with E-state index in [1.54, 1.807) is 0 Å². The average Bonchev–Trinajstić information content (AvgIpc) is 3.42. The summed E-state index contributed by atoms with van der Waals surface area (Å²) in [6, 6.07) is 0. The number of ether oxygens (including phenoxy) is 3. The molecule has 0 aromatic rings. The summed E-state index contributed by atoms with van der Waals surface area (Å²) in [5.74, 6) is -0.935. The normalized spacial score (nSPS) is 12.6. The van der Waals surface area contributed by atoms with E-state index in [2.05, 4.69) is 106 Å². The molecule has 0 N–H and O–H groups in total. The first-order valence-corrected chi connectivity index (χ1v) is 32.6. The second-order valence-corrected chi connectivity index (χ2v) is 21.6. The monoisotopic (exact) mass is 1060 g/mol. The van der Waals surface area contributed by atoms with Crippen LogP contribution in [0.1, 0.15) is 323 Å². The van der Waals surface area contributed by atoms with E-state index in [9.17, 15) is 14.4 Å². The Balaban J connectivity index is 4.33. The van der Waals surface area contributed by atoms with Gasteiger partial charge < -0.3 is 14.2 Å². The lowest BCUT2D eigenvalue weighted by Gasteiger charge is -2.18. The molecule has 1 unspecified atom stereocenters. The van der Waals surface area contributed by atoms with Crippen LogP contribution >= 0.6 is 0 Å². The topological polar surface area (TPSA) is 78.9 Å². The number of unbranched alkanes of at least 4 members (excludes halogenated alkanes) is 34. The molecule has 0 saturated carbocycles. The molecule has 0 spiro atoms. The third kappa shape index (κ3) is 61.4. The zero-order valence-corrected chi connectivity index (χ0v) is 50.3. The van der Waals surface area contributed by atoms with Gasteiger partial charge in [0.05, 0.1) is 0 Å². The Morgan fingerprint density at radius 2 is 0.513 bits per heavy atom. The highest BCUT2D eigenvalue weighted by Gasteiger charge is 2.19. The van der Waals surface area contributed by atoms with Crippen molar-refractivity contribution in [3.8, 4) is 0 Å². The molecule has 1 atom stereocenters. The Morgan fingerprint density at radius 1 is 0.276 bits per heavy atom. The van der Waals surface area contributed by atoms with Crippen LogP contribution in [0.25, 0.3) is 0 Å². The number of carbonyl (C=O) groups excluding carboxylic acids is 3. The summed E-state index contributed by atoms with van der Waals surface area (Å²) in [4.78, 5) is 38.3. The summed E-state index contributed by atoms with van der Waals surface area (Å²) in [6.07, 6.45) is 84.6. The van der Waals surface area contributed by atoms with E-state index in [0.29, 0.717) is 19.3 Å². The summed E-state index contributed by atoms with van der Waals surface area (Å²) in [6.45, 7) is 6.50. The SMILES string of the molecule is CC/C=C\C/C=C\C/C=C\C/C=C\C/C=C\C/C=C\CCCCC(=O)OC(COC(=O)CCCCCCC/C=C\CCCCC)COC(=O)CCCCCCCCCCCCCCCCCCCCCCCCCCC. The summed E-state index contributed by atoms with van der Waals surface area (Å²) in [5, 5.41) is 0. The van der Waals surface area contributed by atoms with E-state index in [4.69, 9.17) is 14.2 Å². The van der Waals surface area contributed by atoms with Crippen LogP contribution in [-0.2, 0) is 28.6 Å². The van der Waals surface area contributed by atoms with Crippen LogP contribution in [0.4, 0.5) is 0 Å². The number of rotatable bonds is 59. The fraction of sp³-hybridized carbons (Fsp3) is 0.757. The highest BCUT2D eigenvalue weighted by atomic mass is 16.6. The maximum Gasteiger partial charge on any atom is 0.306 e. The molecule has 0 radical (unpaired) electrons. The van der Waals surface area contributed by atoms with Crippen LogP contribution in [0.5, 0.6) is 0 Å². The number of hydrogen-bond acceptors (Lipinski definition) is 6. The zero-order valence-electron chi connectivity index (χ0n) is 50.3. The molecule has 0 amide bonds. The van der Waals surface area contributed by atoms with E-state index in [-0.39, 0.29) is 37.5 Å². The lowest BCUT2D eigenvalue weighted by Crippen LogP contribution is -2.30. The molecule has 0 aliphatic carbocycles. The van der Waals surface area contributed by atoms with Gasteiger partial charge in [-0.3, -0.25) is 14.4 Å². The minimum Gasteiger partial charge on any atom is -0.462 e. The molecule has 0 rings (SSSR count). The molecule has 6 heteroatoms. The van der Waals surface area contributed by atoms with Crippen LogP contribution in [0.3, 0.4) is 0 Å². The molecular formula is C70H122O6. The van der Waals surface area contributed by atoms with Gasteiger partial charge in [0.2, 0.25) is 0 Å². The molecule has 76 heavy (non-hydrogen) atoms. The van der Waals surface area contributed by atoms with Crippen molar-refractivity contribution in [2.75, 3.05) is 13.2 Å². The van der Waals surface area contributed by atoms with Crippen LogP contribution in [0.2, 0.25) is 0 Å². The van der Waals surface area contributed by atoms with E-state index in [1.807, 2.05) is 0 Å². The van der Waals surface area contributed by atoms with Crippen molar-refractivity contribution in [2.45, 2.75) is 329 Å². The van der Waals surface area contributed by atoms with Crippen molar-refractivity contribution >= 4 is 17.9 Å². The van der Waals surface area contributed by atoms with E-state index in [1.165, 1.54) is 180 Å². The van der Waals surface area contributed by atoms with Gasteiger partial charge in [-0.05, 0) is 96.3 Å². The summed E-state index contributed by atoms with van der Waals surface area (Å²) in [5.41, 5.74) is 0. The fourth-order valence-corrected chi connectivity index (χ4v) is 9.27. The number of hydrogen-bond donors (Lipinski definition) is 0. The zero-order chi connectivity index (χ0) is 55.0. The van der Waals surface area contributed by atoms with E-state index < -0.39 is 6.10 Å². The Bertz CT molecular complexity index is 1450. The second kappa shape index (κ2) is 64.1. The van der Waals surface area contributed by atoms with Gasteiger partial charge in [0.25, 0.3) is 0 Å². The molecule has 0 heterocycles. The quantitative estimate of drug-likeness (QED) is 0.0261. The lowest BCUT2D eigenvalue weighted by molar-refractivity contribution is -0.167. The number of carbonyl (C=O) groups is 3. The van der Waals surface area contributed by atoms with Crippen LogP contribution in [0, 0.1) is 0 Å². The van der Waals surface area contributed by atoms with Crippen molar-refractivity contribution in [1.82, 2.24) is 0 Å². The van der Waals surface area contributed by atoms with Gasteiger partial charge in [0, 0.05) is 19.3 Å². The van der Waals surface area contributed by atoms with Crippen molar-refractivity contribution in [1.29, 1.82) is 0 Å². The van der Waals surface area contributed by atoms with Gasteiger partial charge in [-0.15, -0.1) is 0 Å². The first kappa shape index (κ1) is 72.6. The Morgan fingerprint density at radius 3 is 0.868 bits per heavy atom. The third-order valence-corrected chi connectivity index (χ3v) is 14.1. The van der Waals surface area contributed by atoms with E-state index in [0.717, 1.165) is 96.3 Å².